The highest BCUT2D eigenvalue weighted by molar-refractivity contribution is 5.99. The number of ether oxygens (including phenoxy) is 1. The molecule has 0 bridgehead atoms. The smallest absolute Gasteiger partial charge is 0.226 e. The molecule has 6 heteroatoms. The van der Waals surface area contributed by atoms with Gasteiger partial charge in [0.05, 0.1) is 6.61 Å². The Balaban J connectivity index is 1.77. The summed E-state index contributed by atoms with van der Waals surface area (Å²) < 4.78 is 7.52. The van der Waals surface area contributed by atoms with Crippen LogP contribution in [0, 0.1) is 12.8 Å². The van der Waals surface area contributed by atoms with Gasteiger partial charge in [-0.2, -0.15) is 10.1 Å². The minimum atomic E-state index is -0.234. The number of aromatic nitrogens is 3. The van der Waals surface area contributed by atoms with E-state index in [-0.39, 0.29) is 11.8 Å². The van der Waals surface area contributed by atoms with Crippen molar-refractivity contribution in [3.8, 4) is 5.75 Å². The van der Waals surface area contributed by atoms with Crippen LogP contribution in [0.3, 0.4) is 0 Å². The highest BCUT2D eigenvalue weighted by atomic mass is 16.5. The summed E-state index contributed by atoms with van der Waals surface area (Å²) in [5.74, 6) is 2.79. The Kier molecular flexibility index (Phi) is 4.26. The first-order valence-electron chi connectivity index (χ1n) is 9.26. The number of ketones is 1. The highest BCUT2D eigenvalue weighted by Gasteiger charge is 2.38. The first kappa shape index (κ1) is 16.8. The molecule has 136 valence electrons. The van der Waals surface area contributed by atoms with Crippen LogP contribution in [0.4, 0.5) is 5.95 Å². The number of carbonyl (C=O) groups excluding carboxylic acids is 1. The number of hydrogen-bond donors (Lipinski definition) is 1. The van der Waals surface area contributed by atoms with Crippen LogP contribution in [0.1, 0.15) is 50.5 Å². The average Bonchev–Trinajstić information content (AvgIpc) is 2.98. The first-order valence-corrected chi connectivity index (χ1v) is 9.26. The lowest BCUT2D eigenvalue weighted by molar-refractivity contribution is -0.117. The molecule has 0 amide bonds. The van der Waals surface area contributed by atoms with Crippen LogP contribution in [-0.4, -0.2) is 27.2 Å². The Morgan fingerprint density at radius 1 is 1.27 bits per heavy atom. The van der Waals surface area contributed by atoms with Crippen molar-refractivity contribution in [3.63, 3.8) is 0 Å². The van der Waals surface area contributed by atoms with Crippen LogP contribution in [-0.2, 0) is 4.79 Å². The molecule has 1 aromatic heterocycles. The van der Waals surface area contributed by atoms with E-state index >= 15 is 0 Å². The number of allylic oxidation sites excluding steroid dienone is 2. The molecular formula is C20H24N4O2. The molecule has 1 aliphatic carbocycles. The molecule has 0 saturated carbocycles. The Morgan fingerprint density at radius 3 is 2.77 bits per heavy atom. The van der Waals surface area contributed by atoms with Crippen molar-refractivity contribution in [1.29, 1.82) is 0 Å². The number of fused-ring (bicyclic) bond motifs is 1. The van der Waals surface area contributed by atoms with Gasteiger partial charge in [-0.3, -0.25) is 4.79 Å². The molecule has 2 atom stereocenters. The monoisotopic (exact) mass is 352 g/mol. The number of nitrogens with zero attached hydrogens (tertiary/aromatic N) is 3. The zero-order chi connectivity index (χ0) is 18.3. The summed E-state index contributed by atoms with van der Waals surface area (Å²) >= 11 is 0. The minimum absolute atomic E-state index is 0.196. The summed E-state index contributed by atoms with van der Waals surface area (Å²) in [6.07, 6.45) is 2.42. The van der Waals surface area contributed by atoms with E-state index in [0.29, 0.717) is 30.7 Å². The minimum Gasteiger partial charge on any atom is -0.494 e. The molecule has 6 nitrogen and oxygen atoms in total. The van der Waals surface area contributed by atoms with Crippen LogP contribution in [0.5, 0.6) is 5.75 Å². The molecule has 0 unspecified atom stereocenters. The largest absolute Gasteiger partial charge is 0.494 e. The summed E-state index contributed by atoms with van der Waals surface area (Å²) in [6, 6.07) is 7.75. The van der Waals surface area contributed by atoms with E-state index in [0.717, 1.165) is 35.4 Å². The fourth-order valence-electron chi connectivity index (χ4n) is 3.79. The third-order valence-electron chi connectivity index (χ3n) is 4.90. The van der Waals surface area contributed by atoms with Gasteiger partial charge in [0.1, 0.15) is 17.6 Å². The van der Waals surface area contributed by atoms with Crippen molar-refractivity contribution in [2.24, 2.45) is 5.92 Å². The standard InChI is InChI=1S/C20H24N4O2/c1-4-9-26-15-7-5-14(6-8-15)19-18-16(10-12(2)11-17(18)25)22-20-21-13(3)23-24(19)20/h5-8,12,19H,4,9-11H2,1-3H3,(H,21,22,23)/t12-,19-/m0/s1. The van der Waals surface area contributed by atoms with Crippen LogP contribution in [0.15, 0.2) is 35.5 Å². The second-order valence-electron chi connectivity index (χ2n) is 7.20. The summed E-state index contributed by atoms with van der Waals surface area (Å²) in [6.45, 7) is 6.77. The van der Waals surface area contributed by atoms with Crippen molar-refractivity contribution >= 4 is 11.7 Å². The molecule has 4 rings (SSSR count). The predicted molar refractivity (Wildman–Crippen MR) is 99.2 cm³/mol. The Labute approximate surface area is 153 Å². The number of Topliss-reactive ketones (excluding diaryl/α,β-unsaturated/α-hetero) is 1. The molecule has 1 aliphatic heterocycles. The number of benzene rings is 1. The van der Waals surface area contributed by atoms with Gasteiger partial charge in [-0.05, 0) is 43.4 Å². The quantitative estimate of drug-likeness (QED) is 0.910. The first-order chi connectivity index (χ1) is 12.6. The van der Waals surface area contributed by atoms with Crippen LogP contribution in [0.2, 0.25) is 0 Å². The molecule has 2 heterocycles. The van der Waals surface area contributed by atoms with Gasteiger partial charge < -0.3 is 10.1 Å². The Morgan fingerprint density at radius 2 is 2.04 bits per heavy atom. The lowest BCUT2D eigenvalue weighted by Crippen LogP contribution is -2.33. The summed E-state index contributed by atoms with van der Waals surface area (Å²) in [5, 5.41) is 7.89. The number of anilines is 1. The van der Waals surface area contributed by atoms with Crippen molar-refractivity contribution < 1.29 is 9.53 Å². The number of hydrogen-bond acceptors (Lipinski definition) is 5. The van der Waals surface area contributed by atoms with Gasteiger partial charge in [-0.1, -0.05) is 26.0 Å². The molecule has 1 N–H and O–H groups in total. The fraction of sp³-hybridized carbons (Fsp3) is 0.450. The average molecular weight is 352 g/mol. The summed E-state index contributed by atoms with van der Waals surface area (Å²) in [5.41, 5.74) is 2.84. The number of rotatable bonds is 4. The maximum absolute atomic E-state index is 12.9. The zero-order valence-electron chi connectivity index (χ0n) is 15.5. The lowest BCUT2D eigenvalue weighted by atomic mass is 9.81. The molecular weight excluding hydrogens is 328 g/mol. The van der Waals surface area contributed by atoms with Gasteiger partial charge in [0.15, 0.2) is 5.78 Å². The maximum Gasteiger partial charge on any atom is 0.226 e. The molecule has 0 radical (unpaired) electrons. The number of nitrogens with one attached hydrogen (secondary N) is 1. The lowest BCUT2D eigenvalue weighted by Gasteiger charge is -2.34. The van der Waals surface area contributed by atoms with Gasteiger partial charge in [-0.25, -0.2) is 4.68 Å². The van der Waals surface area contributed by atoms with Crippen molar-refractivity contribution in [3.05, 3.63) is 46.9 Å². The molecule has 2 aromatic rings. The van der Waals surface area contributed by atoms with E-state index in [4.69, 9.17) is 4.74 Å². The normalized spacial score (nSPS) is 21.9. The SMILES string of the molecule is CCCOc1ccc([C@H]2C3=C(C[C@H](C)CC3=O)Nc3nc(C)nn32)cc1. The second kappa shape index (κ2) is 6.59. The van der Waals surface area contributed by atoms with Crippen LogP contribution in [0.25, 0.3) is 0 Å². The second-order valence-corrected chi connectivity index (χ2v) is 7.20. The number of aryl methyl sites for hydroxylation is 1. The number of carbonyl (C=O) groups is 1. The van der Waals surface area contributed by atoms with Crippen molar-refractivity contribution in [1.82, 2.24) is 14.8 Å². The Bertz CT molecular complexity index is 866. The van der Waals surface area contributed by atoms with Gasteiger partial charge in [0.25, 0.3) is 0 Å². The van der Waals surface area contributed by atoms with E-state index in [9.17, 15) is 4.79 Å². The van der Waals surface area contributed by atoms with Crippen LogP contribution >= 0.6 is 0 Å². The van der Waals surface area contributed by atoms with E-state index in [1.807, 2.05) is 35.9 Å². The van der Waals surface area contributed by atoms with Gasteiger partial charge in [-0.15, -0.1) is 0 Å². The van der Waals surface area contributed by atoms with Gasteiger partial charge in [0, 0.05) is 17.7 Å². The van der Waals surface area contributed by atoms with Crippen molar-refractivity contribution in [2.75, 3.05) is 11.9 Å². The molecule has 0 saturated heterocycles. The van der Waals surface area contributed by atoms with Crippen molar-refractivity contribution in [2.45, 2.75) is 46.1 Å². The van der Waals surface area contributed by atoms with Gasteiger partial charge in [0.2, 0.25) is 5.95 Å². The molecule has 0 spiro atoms. The van der Waals surface area contributed by atoms with E-state index in [2.05, 4.69) is 29.2 Å². The summed E-state index contributed by atoms with van der Waals surface area (Å²) in [7, 11) is 0. The van der Waals surface area contributed by atoms with E-state index in [1.165, 1.54) is 0 Å². The third kappa shape index (κ3) is 2.89. The van der Waals surface area contributed by atoms with Crippen LogP contribution < -0.4 is 10.1 Å². The van der Waals surface area contributed by atoms with E-state index < -0.39 is 0 Å². The third-order valence-corrected chi connectivity index (χ3v) is 4.90. The predicted octanol–water partition coefficient (Wildman–Crippen LogP) is 3.64. The molecule has 2 aliphatic rings. The fourth-order valence-corrected chi connectivity index (χ4v) is 3.79. The van der Waals surface area contributed by atoms with E-state index in [1.54, 1.807) is 0 Å². The summed E-state index contributed by atoms with van der Waals surface area (Å²) in [4.78, 5) is 17.4. The molecule has 1 aromatic carbocycles. The highest BCUT2D eigenvalue weighted by Crippen LogP contribution is 2.41. The maximum atomic E-state index is 12.9. The topological polar surface area (TPSA) is 69.0 Å². The molecule has 26 heavy (non-hydrogen) atoms. The van der Waals surface area contributed by atoms with Gasteiger partial charge >= 0.3 is 0 Å². The zero-order valence-corrected chi connectivity index (χ0v) is 15.5. The molecule has 0 fully saturated rings. The Hall–Kier alpha value is -2.63.